The molecule has 1 amide bonds. The summed E-state index contributed by atoms with van der Waals surface area (Å²) in [6.45, 7) is 0.312. The summed E-state index contributed by atoms with van der Waals surface area (Å²) >= 11 is 0. The lowest BCUT2D eigenvalue weighted by Crippen LogP contribution is -2.42. The molecule has 6 nitrogen and oxygen atoms in total. The van der Waals surface area contributed by atoms with Gasteiger partial charge in [0.25, 0.3) is 0 Å². The summed E-state index contributed by atoms with van der Waals surface area (Å²) in [7, 11) is -0.910. The zero-order chi connectivity index (χ0) is 21.7. The molecule has 162 valence electrons. The van der Waals surface area contributed by atoms with Crippen molar-refractivity contribution >= 4 is 15.9 Å². The fraction of sp³-hybridized carbons (Fsp3) is 0.409. The minimum atomic E-state index is -3.89. The third kappa shape index (κ3) is 4.99. The molecule has 1 heterocycles. The van der Waals surface area contributed by atoms with Crippen LogP contribution in [-0.2, 0) is 14.8 Å². The van der Waals surface area contributed by atoms with Gasteiger partial charge in [-0.2, -0.15) is 4.31 Å². The Bertz CT molecular complexity index is 962. The van der Waals surface area contributed by atoms with Crippen LogP contribution in [0.3, 0.4) is 0 Å². The number of amides is 1. The first-order chi connectivity index (χ1) is 14.3. The Labute approximate surface area is 177 Å². The molecule has 0 bridgehead atoms. The summed E-state index contributed by atoms with van der Waals surface area (Å²) in [4.78, 5) is 14.9. The van der Waals surface area contributed by atoms with Gasteiger partial charge in [-0.1, -0.05) is 25.0 Å². The Morgan fingerprint density at radius 2 is 1.77 bits per heavy atom. The van der Waals surface area contributed by atoms with E-state index in [1.54, 1.807) is 12.0 Å². The number of sulfonamides is 1. The molecule has 0 unspecified atom stereocenters. The Kier molecular flexibility index (Phi) is 7.10. The number of carbonyl (C=O) groups excluding carboxylic acids is 1. The Balaban J connectivity index is 1.78. The first-order valence-corrected chi connectivity index (χ1v) is 11.4. The Morgan fingerprint density at radius 3 is 2.40 bits per heavy atom. The molecule has 0 N–H and O–H groups in total. The molecule has 0 spiro atoms. The van der Waals surface area contributed by atoms with Crippen LogP contribution in [0, 0.1) is 5.82 Å². The van der Waals surface area contributed by atoms with Crippen molar-refractivity contribution in [2.75, 3.05) is 27.2 Å². The van der Waals surface area contributed by atoms with Gasteiger partial charge in [0.2, 0.25) is 15.9 Å². The molecule has 1 aliphatic rings. The van der Waals surface area contributed by atoms with Crippen LogP contribution in [-0.4, -0.2) is 50.8 Å². The van der Waals surface area contributed by atoms with Crippen LogP contribution in [0.15, 0.2) is 53.4 Å². The summed E-state index contributed by atoms with van der Waals surface area (Å²) in [5.74, 6) is -0.0131. The normalized spacial score (nSPS) is 17.6. The van der Waals surface area contributed by atoms with Crippen molar-refractivity contribution in [3.05, 3.63) is 59.9 Å². The van der Waals surface area contributed by atoms with E-state index in [1.807, 2.05) is 24.3 Å². The molecule has 0 aromatic heterocycles. The first-order valence-electron chi connectivity index (χ1n) is 9.98. The molecule has 2 aromatic carbocycles. The first kappa shape index (κ1) is 22.2. The van der Waals surface area contributed by atoms with E-state index < -0.39 is 15.8 Å². The zero-order valence-corrected chi connectivity index (χ0v) is 18.1. The van der Waals surface area contributed by atoms with Crippen LogP contribution in [0.4, 0.5) is 4.39 Å². The number of likely N-dealkylation sites (tertiary alicyclic amines) is 1. The van der Waals surface area contributed by atoms with Crippen LogP contribution in [0.2, 0.25) is 0 Å². The van der Waals surface area contributed by atoms with E-state index in [9.17, 15) is 17.6 Å². The lowest BCUT2D eigenvalue weighted by molar-refractivity contribution is -0.133. The molecule has 0 saturated carbocycles. The third-order valence-corrected chi connectivity index (χ3v) is 7.27. The highest BCUT2D eigenvalue weighted by Gasteiger charge is 2.30. The largest absolute Gasteiger partial charge is 0.497 e. The highest BCUT2D eigenvalue weighted by Crippen LogP contribution is 2.31. The zero-order valence-electron chi connectivity index (χ0n) is 17.3. The summed E-state index contributed by atoms with van der Waals surface area (Å²) in [5, 5.41) is 0. The second kappa shape index (κ2) is 9.57. The number of hydrogen-bond donors (Lipinski definition) is 0. The maximum absolute atomic E-state index is 13.1. The number of nitrogens with zero attached hydrogens (tertiary/aromatic N) is 2. The fourth-order valence-electron chi connectivity index (χ4n) is 3.73. The van der Waals surface area contributed by atoms with Crippen molar-refractivity contribution in [2.45, 2.75) is 36.6 Å². The molecule has 1 aliphatic heterocycles. The van der Waals surface area contributed by atoms with Gasteiger partial charge in [0.1, 0.15) is 11.6 Å². The quantitative estimate of drug-likeness (QED) is 0.697. The van der Waals surface area contributed by atoms with E-state index in [1.165, 1.54) is 19.2 Å². The van der Waals surface area contributed by atoms with Gasteiger partial charge in [-0.25, -0.2) is 12.8 Å². The number of halogens is 1. The number of rotatable bonds is 6. The summed E-state index contributed by atoms with van der Waals surface area (Å²) in [6.07, 6.45) is 3.74. The summed E-state index contributed by atoms with van der Waals surface area (Å²) < 4.78 is 44.9. The van der Waals surface area contributed by atoms with Crippen molar-refractivity contribution < 1.29 is 22.3 Å². The molecule has 0 aliphatic carbocycles. The van der Waals surface area contributed by atoms with Gasteiger partial charge in [-0.05, 0) is 54.8 Å². The number of carbonyl (C=O) groups is 1. The number of likely N-dealkylation sites (N-methyl/N-ethyl adjacent to an activating group) is 1. The van der Waals surface area contributed by atoms with Crippen molar-refractivity contribution in [1.82, 2.24) is 9.21 Å². The predicted molar refractivity (Wildman–Crippen MR) is 112 cm³/mol. The minimum absolute atomic E-state index is 0.0400. The Hall–Kier alpha value is -2.45. The van der Waals surface area contributed by atoms with E-state index in [2.05, 4.69) is 0 Å². The molecular weight excluding hydrogens is 407 g/mol. The van der Waals surface area contributed by atoms with Gasteiger partial charge in [0, 0.05) is 13.6 Å². The van der Waals surface area contributed by atoms with Crippen molar-refractivity contribution in [2.24, 2.45) is 0 Å². The van der Waals surface area contributed by atoms with Gasteiger partial charge in [0.05, 0.1) is 24.6 Å². The van der Waals surface area contributed by atoms with Crippen LogP contribution in [0.25, 0.3) is 0 Å². The molecule has 3 rings (SSSR count). The summed E-state index contributed by atoms with van der Waals surface area (Å²) in [6, 6.07) is 12.1. The van der Waals surface area contributed by atoms with Crippen LogP contribution in [0.5, 0.6) is 5.75 Å². The lowest BCUT2D eigenvalue weighted by Gasteiger charge is -2.32. The summed E-state index contributed by atoms with van der Waals surface area (Å²) in [5.41, 5.74) is 1.01. The topological polar surface area (TPSA) is 66.9 Å². The molecule has 1 atom stereocenters. The molecule has 2 aromatic rings. The molecule has 30 heavy (non-hydrogen) atoms. The number of benzene rings is 2. The molecule has 1 saturated heterocycles. The van der Waals surface area contributed by atoms with E-state index in [0.717, 1.165) is 53.4 Å². The smallest absolute Gasteiger partial charge is 0.243 e. The van der Waals surface area contributed by atoms with Gasteiger partial charge in [-0.3, -0.25) is 4.79 Å². The number of methoxy groups -OCH3 is 1. The monoisotopic (exact) mass is 434 g/mol. The lowest BCUT2D eigenvalue weighted by atomic mass is 10.0. The molecule has 1 fully saturated rings. The van der Waals surface area contributed by atoms with E-state index in [-0.39, 0.29) is 23.4 Å². The maximum Gasteiger partial charge on any atom is 0.243 e. The van der Waals surface area contributed by atoms with E-state index in [0.29, 0.717) is 6.54 Å². The van der Waals surface area contributed by atoms with Crippen LogP contribution in [0.1, 0.15) is 37.3 Å². The number of ether oxygens (including phenoxy) is 1. The van der Waals surface area contributed by atoms with E-state index in [4.69, 9.17) is 4.74 Å². The third-order valence-electron chi connectivity index (χ3n) is 5.45. The average Bonchev–Trinajstić information content (AvgIpc) is 3.00. The second-order valence-corrected chi connectivity index (χ2v) is 9.49. The van der Waals surface area contributed by atoms with Gasteiger partial charge in [0.15, 0.2) is 0 Å². The van der Waals surface area contributed by atoms with Gasteiger partial charge < -0.3 is 9.64 Å². The van der Waals surface area contributed by atoms with Gasteiger partial charge in [-0.15, -0.1) is 0 Å². The molecule has 0 radical (unpaired) electrons. The van der Waals surface area contributed by atoms with Crippen molar-refractivity contribution in [3.63, 3.8) is 0 Å². The maximum atomic E-state index is 13.1. The highest BCUT2D eigenvalue weighted by atomic mass is 32.2. The standard InChI is InChI=1S/C22H27FN2O4S/c1-24(30(27,28)20-13-9-18(23)10-14-20)16-22(26)25-15-5-3-4-6-21(25)17-7-11-19(29-2)12-8-17/h7-14,21H,3-6,15-16H2,1-2H3/t21-/m0/s1. The number of hydrogen-bond acceptors (Lipinski definition) is 4. The Morgan fingerprint density at radius 1 is 1.10 bits per heavy atom. The van der Waals surface area contributed by atoms with Gasteiger partial charge >= 0.3 is 0 Å². The van der Waals surface area contributed by atoms with Crippen LogP contribution < -0.4 is 4.74 Å². The second-order valence-electron chi connectivity index (χ2n) is 7.44. The van der Waals surface area contributed by atoms with Crippen molar-refractivity contribution in [3.8, 4) is 5.75 Å². The van der Waals surface area contributed by atoms with E-state index >= 15 is 0 Å². The highest BCUT2D eigenvalue weighted by molar-refractivity contribution is 7.89. The van der Waals surface area contributed by atoms with Crippen LogP contribution >= 0.6 is 0 Å². The SMILES string of the molecule is COc1ccc([C@@H]2CCCCCN2C(=O)CN(C)S(=O)(=O)c2ccc(F)cc2)cc1. The fourth-order valence-corrected chi connectivity index (χ4v) is 4.85. The molecule has 8 heteroatoms. The minimum Gasteiger partial charge on any atom is -0.497 e. The molecular formula is C22H27FN2O4S. The average molecular weight is 435 g/mol. The predicted octanol–water partition coefficient (Wildman–Crippen LogP) is 3.60. The van der Waals surface area contributed by atoms with Crippen molar-refractivity contribution in [1.29, 1.82) is 0 Å².